The number of ether oxygens (including phenoxy) is 1. The normalized spacial score (nSPS) is 30.7. The van der Waals surface area contributed by atoms with E-state index in [0.29, 0.717) is 34.7 Å². The van der Waals surface area contributed by atoms with Crippen molar-refractivity contribution in [2.45, 2.75) is 46.1 Å². The third-order valence-electron chi connectivity index (χ3n) is 7.10. The Labute approximate surface area is 145 Å². The monoisotopic (exact) mass is 330 g/mol. The van der Waals surface area contributed by atoms with Crippen LogP contribution >= 0.6 is 0 Å². The first kappa shape index (κ1) is 17.3. The lowest BCUT2D eigenvalue weighted by Gasteiger charge is -2.43. The molecule has 0 saturated heterocycles. The first-order valence-corrected chi connectivity index (χ1v) is 8.98. The molecule has 2 bridgehead atoms. The van der Waals surface area contributed by atoms with Crippen molar-refractivity contribution in [2.24, 2.45) is 16.7 Å². The Bertz CT molecular complexity index is 611. The lowest BCUT2D eigenvalue weighted by Crippen LogP contribution is -2.46. The fourth-order valence-electron chi connectivity index (χ4n) is 4.97. The van der Waals surface area contributed by atoms with Gasteiger partial charge in [-0.15, -0.1) is 0 Å². The van der Waals surface area contributed by atoms with Crippen molar-refractivity contribution in [1.82, 2.24) is 4.90 Å². The molecule has 4 heteroatoms. The van der Waals surface area contributed by atoms with Crippen molar-refractivity contribution >= 4 is 11.7 Å². The zero-order valence-electron chi connectivity index (χ0n) is 15.3. The molecule has 4 nitrogen and oxygen atoms in total. The van der Waals surface area contributed by atoms with Crippen molar-refractivity contribution < 1.29 is 9.53 Å². The molecule has 1 aromatic rings. The number of esters is 1. The third kappa shape index (κ3) is 2.71. The van der Waals surface area contributed by atoms with Crippen LogP contribution in [0.4, 0.5) is 5.69 Å². The van der Waals surface area contributed by atoms with Crippen LogP contribution in [0.25, 0.3) is 0 Å². The largest absolute Gasteiger partial charge is 0.461 e. The number of nitrogen functional groups attached to an aromatic ring is 1. The second-order valence-electron chi connectivity index (χ2n) is 8.36. The van der Waals surface area contributed by atoms with Crippen LogP contribution < -0.4 is 5.73 Å². The summed E-state index contributed by atoms with van der Waals surface area (Å²) in [6.45, 7) is 8.52. The van der Waals surface area contributed by atoms with E-state index in [0.717, 1.165) is 12.5 Å². The van der Waals surface area contributed by atoms with Crippen LogP contribution in [0.15, 0.2) is 24.3 Å². The van der Waals surface area contributed by atoms with Gasteiger partial charge in [0.2, 0.25) is 0 Å². The van der Waals surface area contributed by atoms with Gasteiger partial charge in [-0.25, -0.2) is 4.79 Å². The first-order chi connectivity index (χ1) is 11.3. The van der Waals surface area contributed by atoms with E-state index in [1.807, 2.05) is 0 Å². The average molecular weight is 330 g/mol. The van der Waals surface area contributed by atoms with Gasteiger partial charge < -0.3 is 10.5 Å². The van der Waals surface area contributed by atoms with E-state index in [1.165, 1.54) is 19.3 Å². The zero-order chi connectivity index (χ0) is 17.5. The van der Waals surface area contributed by atoms with Crippen molar-refractivity contribution in [3.05, 3.63) is 29.8 Å². The minimum atomic E-state index is -0.275. The maximum absolute atomic E-state index is 12.1. The second kappa shape index (κ2) is 6.07. The average Bonchev–Trinajstić information content (AvgIpc) is 2.88. The summed E-state index contributed by atoms with van der Waals surface area (Å²) < 4.78 is 5.44. The lowest BCUT2D eigenvalue weighted by atomic mass is 9.69. The Balaban J connectivity index is 1.52. The topological polar surface area (TPSA) is 55.6 Å². The van der Waals surface area contributed by atoms with Crippen molar-refractivity contribution in [1.29, 1.82) is 0 Å². The van der Waals surface area contributed by atoms with Gasteiger partial charge in [-0.2, -0.15) is 0 Å². The predicted molar refractivity (Wildman–Crippen MR) is 96.8 cm³/mol. The molecule has 132 valence electrons. The summed E-state index contributed by atoms with van der Waals surface area (Å²) in [7, 11) is 2.17. The molecule has 2 fully saturated rings. The number of hydrogen-bond donors (Lipinski definition) is 1. The molecule has 2 aliphatic carbocycles. The van der Waals surface area contributed by atoms with Gasteiger partial charge in [-0.05, 0) is 67.3 Å². The molecule has 2 aliphatic rings. The second-order valence-corrected chi connectivity index (χ2v) is 8.36. The van der Waals surface area contributed by atoms with E-state index in [-0.39, 0.29) is 5.97 Å². The van der Waals surface area contributed by atoms with E-state index in [9.17, 15) is 4.79 Å². The zero-order valence-corrected chi connectivity index (χ0v) is 15.3. The minimum absolute atomic E-state index is 0.275. The van der Waals surface area contributed by atoms with E-state index in [2.05, 4.69) is 32.7 Å². The van der Waals surface area contributed by atoms with Crippen LogP contribution in [0, 0.1) is 16.7 Å². The highest BCUT2D eigenvalue weighted by atomic mass is 16.5. The molecule has 3 atom stereocenters. The molecule has 3 rings (SSSR count). The van der Waals surface area contributed by atoms with E-state index in [1.54, 1.807) is 24.3 Å². The highest BCUT2D eigenvalue weighted by Gasteiger charge is 2.61. The summed E-state index contributed by atoms with van der Waals surface area (Å²) in [5.41, 5.74) is 7.63. The van der Waals surface area contributed by atoms with Gasteiger partial charge in [0, 0.05) is 18.3 Å². The summed E-state index contributed by atoms with van der Waals surface area (Å²) in [6, 6.07) is 7.45. The van der Waals surface area contributed by atoms with Gasteiger partial charge in [0.15, 0.2) is 0 Å². The summed E-state index contributed by atoms with van der Waals surface area (Å²) in [6.07, 6.45) is 3.94. The number of hydrogen-bond acceptors (Lipinski definition) is 4. The van der Waals surface area contributed by atoms with E-state index in [4.69, 9.17) is 10.5 Å². The molecular weight excluding hydrogens is 300 g/mol. The highest BCUT2D eigenvalue weighted by molar-refractivity contribution is 5.89. The molecule has 24 heavy (non-hydrogen) atoms. The van der Waals surface area contributed by atoms with Crippen molar-refractivity contribution in [3.8, 4) is 0 Å². The summed E-state index contributed by atoms with van der Waals surface area (Å²) in [5.74, 6) is 0.551. The maximum atomic E-state index is 12.1. The fraction of sp³-hybridized carbons (Fsp3) is 0.650. The molecule has 0 aromatic heterocycles. The number of fused-ring (bicyclic) bond motifs is 2. The van der Waals surface area contributed by atoms with Crippen molar-refractivity contribution in [3.63, 3.8) is 0 Å². The molecule has 0 heterocycles. The Morgan fingerprint density at radius 3 is 2.50 bits per heavy atom. The standard InChI is InChI=1S/C20H30N2O2/c1-19(2)15-9-10-20(19,3)17(13-15)22(4)11-12-24-18(23)14-5-7-16(21)8-6-14/h5-8,15,17H,9-13,21H2,1-4H3. The quantitative estimate of drug-likeness (QED) is 0.662. The third-order valence-corrected chi connectivity index (χ3v) is 7.10. The van der Waals surface area contributed by atoms with Gasteiger partial charge in [0.1, 0.15) is 6.61 Å². The summed E-state index contributed by atoms with van der Waals surface area (Å²) >= 11 is 0. The maximum Gasteiger partial charge on any atom is 0.338 e. The minimum Gasteiger partial charge on any atom is -0.461 e. The molecule has 0 radical (unpaired) electrons. The summed E-state index contributed by atoms with van der Waals surface area (Å²) in [4.78, 5) is 14.5. The number of benzene rings is 1. The summed E-state index contributed by atoms with van der Waals surface area (Å²) in [5, 5.41) is 0. The van der Waals surface area contributed by atoms with Crippen LogP contribution in [-0.4, -0.2) is 37.1 Å². The number of nitrogens with two attached hydrogens (primary N) is 1. The number of rotatable bonds is 5. The molecular formula is C20H30N2O2. The van der Waals surface area contributed by atoms with Gasteiger partial charge in [-0.1, -0.05) is 20.8 Å². The predicted octanol–water partition coefficient (Wildman–Crippen LogP) is 3.57. The Hall–Kier alpha value is -1.55. The van der Waals surface area contributed by atoms with Crippen molar-refractivity contribution in [2.75, 3.05) is 25.9 Å². The molecule has 0 amide bonds. The Kier molecular flexibility index (Phi) is 4.37. The number of carbonyl (C=O) groups is 1. The van der Waals surface area contributed by atoms with Gasteiger partial charge in [-0.3, -0.25) is 4.90 Å². The van der Waals surface area contributed by atoms with Crippen LogP contribution in [0.1, 0.15) is 50.4 Å². The van der Waals surface area contributed by atoms with Crippen LogP contribution in [0.2, 0.25) is 0 Å². The number of nitrogens with zero attached hydrogens (tertiary/aromatic N) is 1. The molecule has 0 aliphatic heterocycles. The number of carbonyl (C=O) groups excluding carboxylic acids is 1. The SMILES string of the molecule is CN(CCOC(=O)c1ccc(N)cc1)C1CC2CCC1(C)C2(C)C. The highest BCUT2D eigenvalue weighted by Crippen LogP contribution is 2.66. The van der Waals surface area contributed by atoms with Gasteiger partial charge >= 0.3 is 5.97 Å². The number of anilines is 1. The molecule has 2 N–H and O–H groups in total. The molecule has 1 aromatic carbocycles. The molecule has 2 saturated carbocycles. The first-order valence-electron chi connectivity index (χ1n) is 8.98. The van der Waals surface area contributed by atoms with E-state index >= 15 is 0 Å². The molecule has 0 spiro atoms. The number of likely N-dealkylation sites (N-methyl/N-ethyl adjacent to an activating group) is 1. The Morgan fingerprint density at radius 1 is 1.29 bits per heavy atom. The molecule has 3 unspecified atom stereocenters. The Morgan fingerprint density at radius 2 is 1.96 bits per heavy atom. The van der Waals surface area contributed by atoms with Crippen LogP contribution in [0.3, 0.4) is 0 Å². The fourth-order valence-corrected chi connectivity index (χ4v) is 4.97. The van der Waals surface area contributed by atoms with Gasteiger partial charge in [0.05, 0.1) is 5.56 Å². The van der Waals surface area contributed by atoms with Gasteiger partial charge in [0.25, 0.3) is 0 Å². The van der Waals surface area contributed by atoms with Crippen LogP contribution in [0.5, 0.6) is 0 Å². The van der Waals surface area contributed by atoms with E-state index < -0.39 is 0 Å². The smallest absolute Gasteiger partial charge is 0.338 e. The van der Waals surface area contributed by atoms with Crippen LogP contribution in [-0.2, 0) is 4.74 Å². The lowest BCUT2D eigenvalue weighted by molar-refractivity contribution is 0.0292.